The number of benzene rings is 1. The van der Waals surface area contributed by atoms with Crippen LogP contribution in [-0.2, 0) is 0 Å². The molecule has 0 saturated carbocycles. The van der Waals surface area contributed by atoms with E-state index in [1.165, 1.54) is 0 Å². The molecule has 0 aliphatic carbocycles. The van der Waals surface area contributed by atoms with Gasteiger partial charge in [-0.2, -0.15) is 5.10 Å². The molecule has 3 N–H and O–H groups in total. The van der Waals surface area contributed by atoms with E-state index in [2.05, 4.69) is 10.2 Å². The Balaban J connectivity index is 2.22. The van der Waals surface area contributed by atoms with Crippen LogP contribution in [0.2, 0.25) is 5.22 Å². The highest BCUT2D eigenvalue weighted by Gasteiger charge is 2.18. The zero-order chi connectivity index (χ0) is 13.4. The molecular weight excluding hydrogens is 262 g/mol. The number of nitrogens with two attached hydrogens (primary N) is 1. The van der Waals surface area contributed by atoms with Crippen molar-refractivity contribution in [1.82, 2.24) is 10.2 Å². The second-order valence-corrected chi connectivity index (χ2v) is 4.65. The highest BCUT2D eigenvalue weighted by molar-refractivity contribution is 6.29. The van der Waals surface area contributed by atoms with Crippen molar-refractivity contribution >= 4 is 17.4 Å². The maximum atomic E-state index is 5.97. The Kier molecular flexibility index (Phi) is 2.80. The summed E-state index contributed by atoms with van der Waals surface area (Å²) in [7, 11) is 0. The van der Waals surface area contributed by atoms with E-state index in [1.807, 2.05) is 31.2 Å². The van der Waals surface area contributed by atoms with Gasteiger partial charge in [0.25, 0.3) is 0 Å². The first kappa shape index (κ1) is 11.9. The van der Waals surface area contributed by atoms with Crippen LogP contribution in [0.25, 0.3) is 22.6 Å². The van der Waals surface area contributed by atoms with Crippen LogP contribution >= 0.6 is 11.6 Å². The van der Waals surface area contributed by atoms with Gasteiger partial charge in [-0.25, -0.2) is 0 Å². The van der Waals surface area contributed by atoms with Crippen LogP contribution in [0.5, 0.6) is 0 Å². The molecule has 19 heavy (non-hydrogen) atoms. The van der Waals surface area contributed by atoms with Crippen molar-refractivity contribution in [2.45, 2.75) is 6.92 Å². The zero-order valence-corrected chi connectivity index (χ0v) is 11.0. The summed E-state index contributed by atoms with van der Waals surface area (Å²) in [6.07, 6.45) is 0. The van der Waals surface area contributed by atoms with Gasteiger partial charge in [-0.05, 0) is 41.8 Å². The van der Waals surface area contributed by atoms with E-state index in [1.54, 1.807) is 12.1 Å². The van der Waals surface area contributed by atoms with E-state index in [-0.39, 0.29) is 0 Å². The summed E-state index contributed by atoms with van der Waals surface area (Å²) in [6.45, 7) is 2.03. The van der Waals surface area contributed by atoms with Crippen LogP contribution in [0.1, 0.15) is 5.56 Å². The van der Waals surface area contributed by atoms with E-state index in [4.69, 9.17) is 21.8 Å². The van der Waals surface area contributed by atoms with Crippen LogP contribution < -0.4 is 5.73 Å². The molecule has 0 atom stereocenters. The number of nitrogens with zero attached hydrogens (tertiary/aromatic N) is 1. The topological polar surface area (TPSA) is 67.8 Å². The van der Waals surface area contributed by atoms with Gasteiger partial charge >= 0.3 is 0 Å². The SMILES string of the molecule is Cc1ccccc1-c1c(N)n[nH]c1-c1ccc(Cl)o1. The van der Waals surface area contributed by atoms with Gasteiger partial charge in [0.05, 0.1) is 5.56 Å². The lowest BCUT2D eigenvalue weighted by Crippen LogP contribution is -1.90. The molecule has 2 aromatic heterocycles. The van der Waals surface area contributed by atoms with Crippen molar-refractivity contribution < 1.29 is 4.42 Å². The molecule has 0 aliphatic rings. The fourth-order valence-corrected chi connectivity index (χ4v) is 2.26. The Hall–Kier alpha value is -2.20. The van der Waals surface area contributed by atoms with Crippen molar-refractivity contribution in [1.29, 1.82) is 0 Å². The minimum Gasteiger partial charge on any atom is -0.443 e. The molecule has 0 saturated heterocycles. The molecule has 0 fully saturated rings. The van der Waals surface area contributed by atoms with Gasteiger partial charge < -0.3 is 10.2 Å². The summed E-state index contributed by atoms with van der Waals surface area (Å²) >= 11 is 5.81. The number of rotatable bonds is 2. The van der Waals surface area contributed by atoms with E-state index in [0.717, 1.165) is 22.4 Å². The average Bonchev–Trinajstić information content (AvgIpc) is 2.96. The van der Waals surface area contributed by atoms with Gasteiger partial charge in [0.15, 0.2) is 16.8 Å². The number of H-pyrrole nitrogens is 1. The maximum Gasteiger partial charge on any atom is 0.194 e. The predicted octanol–water partition coefficient (Wildman–Crippen LogP) is 3.88. The number of aromatic nitrogens is 2. The molecule has 0 unspecified atom stereocenters. The number of furan rings is 1. The normalized spacial score (nSPS) is 10.8. The van der Waals surface area contributed by atoms with E-state index in [9.17, 15) is 0 Å². The molecule has 3 rings (SSSR count). The summed E-state index contributed by atoms with van der Waals surface area (Å²) in [5.74, 6) is 1.06. The molecule has 4 nitrogen and oxygen atoms in total. The van der Waals surface area contributed by atoms with Gasteiger partial charge in [0.2, 0.25) is 0 Å². The average molecular weight is 274 g/mol. The fourth-order valence-electron chi connectivity index (χ4n) is 2.11. The Morgan fingerprint density at radius 3 is 2.68 bits per heavy atom. The number of hydrogen-bond acceptors (Lipinski definition) is 3. The van der Waals surface area contributed by atoms with Gasteiger partial charge in [0.1, 0.15) is 5.69 Å². The molecule has 0 bridgehead atoms. The number of halogens is 1. The minimum absolute atomic E-state index is 0.332. The molecule has 2 heterocycles. The first-order chi connectivity index (χ1) is 9.16. The van der Waals surface area contributed by atoms with Crippen molar-refractivity contribution in [3.05, 3.63) is 47.2 Å². The van der Waals surface area contributed by atoms with Crippen LogP contribution in [-0.4, -0.2) is 10.2 Å². The minimum atomic E-state index is 0.332. The first-order valence-corrected chi connectivity index (χ1v) is 6.20. The largest absolute Gasteiger partial charge is 0.443 e. The van der Waals surface area contributed by atoms with Crippen molar-refractivity contribution in [2.24, 2.45) is 0 Å². The summed E-state index contributed by atoms with van der Waals surface area (Å²) < 4.78 is 5.42. The number of nitrogens with one attached hydrogen (secondary N) is 1. The molecule has 96 valence electrons. The third kappa shape index (κ3) is 2.00. The van der Waals surface area contributed by atoms with Gasteiger partial charge in [0, 0.05) is 0 Å². The molecular formula is C14H12ClN3O. The monoisotopic (exact) mass is 273 g/mol. The highest BCUT2D eigenvalue weighted by Crippen LogP contribution is 2.37. The molecule has 0 radical (unpaired) electrons. The Morgan fingerprint density at radius 2 is 2.00 bits per heavy atom. The van der Waals surface area contributed by atoms with Crippen molar-refractivity contribution in [3.63, 3.8) is 0 Å². The molecule has 0 aliphatic heterocycles. The lowest BCUT2D eigenvalue weighted by Gasteiger charge is -2.06. The summed E-state index contributed by atoms with van der Waals surface area (Å²) in [4.78, 5) is 0. The maximum absolute atomic E-state index is 5.97. The first-order valence-electron chi connectivity index (χ1n) is 5.82. The lowest BCUT2D eigenvalue weighted by atomic mass is 9.99. The summed E-state index contributed by atoms with van der Waals surface area (Å²) in [6, 6.07) is 11.5. The molecule has 1 aromatic carbocycles. The van der Waals surface area contributed by atoms with E-state index in [0.29, 0.717) is 16.8 Å². The Labute approximate surface area is 115 Å². The number of nitrogen functional groups attached to an aromatic ring is 1. The van der Waals surface area contributed by atoms with Crippen LogP contribution in [0.4, 0.5) is 5.82 Å². The standard InChI is InChI=1S/C14H12ClN3O/c1-8-4-2-3-5-9(8)12-13(17-18-14(12)16)10-6-7-11(15)19-10/h2-7H,1H3,(H3,16,17,18). The van der Waals surface area contributed by atoms with Gasteiger partial charge in [-0.15, -0.1) is 0 Å². The van der Waals surface area contributed by atoms with Gasteiger partial charge in [-0.1, -0.05) is 24.3 Å². The smallest absolute Gasteiger partial charge is 0.194 e. The van der Waals surface area contributed by atoms with E-state index < -0.39 is 0 Å². The third-order valence-electron chi connectivity index (χ3n) is 3.03. The third-order valence-corrected chi connectivity index (χ3v) is 3.23. The number of aryl methyl sites for hydroxylation is 1. The molecule has 3 aromatic rings. The number of aromatic amines is 1. The molecule has 0 amide bonds. The summed E-state index contributed by atoms with van der Waals surface area (Å²) in [5.41, 5.74) is 9.69. The summed E-state index contributed by atoms with van der Waals surface area (Å²) in [5, 5.41) is 7.30. The molecule has 0 spiro atoms. The number of anilines is 1. The quantitative estimate of drug-likeness (QED) is 0.744. The lowest BCUT2D eigenvalue weighted by molar-refractivity contribution is 0.582. The second kappa shape index (κ2) is 4.48. The van der Waals surface area contributed by atoms with Crippen LogP contribution in [0, 0.1) is 6.92 Å². The number of hydrogen-bond donors (Lipinski definition) is 2. The Bertz CT molecular complexity index is 730. The predicted molar refractivity (Wildman–Crippen MR) is 75.9 cm³/mol. The van der Waals surface area contributed by atoms with Crippen LogP contribution in [0.15, 0.2) is 40.8 Å². The molecule has 5 heteroatoms. The Morgan fingerprint density at radius 1 is 1.21 bits per heavy atom. The highest BCUT2D eigenvalue weighted by atomic mass is 35.5. The van der Waals surface area contributed by atoms with E-state index >= 15 is 0 Å². The van der Waals surface area contributed by atoms with Gasteiger partial charge in [-0.3, -0.25) is 5.10 Å². The van der Waals surface area contributed by atoms with Crippen molar-refractivity contribution in [2.75, 3.05) is 5.73 Å². The zero-order valence-electron chi connectivity index (χ0n) is 10.3. The fraction of sp³-hybridized carbons (Fsp3) is 0.0714. The van der Waals surface area contributed by atoms with Crippen LogP contribution in [0.3, 0.4) is 0 Å². The second-order valence-electron chi connectivity index (χ2n) is 4.28. The van der Waals surface area contributed by atoms with Crippen molar-refractivity contribution in [3.8, 4) is 22.6 Å².